The van der Waals surface area contributed by atoms with Crippen LogP contribution in [0.15, 0.2) is 17.3 Å². The molecular weight excluding hydrogens is 218 g/mol. The van der Waals surface area contributed by atoms with E-state index in [2.05, 4.69) is 30.5 Å². The Kier molecular flexibility index (Phi) is 3.92. The maximum Gasteiger partial charge on any atom is 0.0625 e. The van der Waals surface area contributed by atoms with E-state index in [-0.39, 0.29) is 0 Å². The Morgan fingerprint density at radius 3 is 3.00 bits per heavy atom. The van der Waals surface area contributed by atoms with Gasteiger partial charge >= 0.3 is 0 Å². The van der Waals surface area contributed by atoms with Gasteiger partial charge in [0.25, 0.3) is 0 Å². The molecule has 2 rings (SSSR count). The molecule has 1 aliphatic carbocycles. The third-order valence-corrected chi connectivity index (χ3v) is 4.87. The van der Waals surface area contributed by atoms with E-state index in [1.54, 1.807) is 0 Å². The standard InChI is InChI=1S/C12H21N3S/c1-4-13-11-5-6-12(9(11)2)16-10-7-14-15(3)8-10/h7-9,11-13H,4-6H2,1-3H3. The summed E-state index contributed by atoms with van der Waals surface area (Å²) in [7, 11) is 1.98. The summed E-state index contributed by atoms with van der Waals surface area (Å²) in [6.45, 7) is 5.64. The molecular formula is C12H21N3S. The van der Waals surface area contributed by atoms with E-state index < -0.39 is 0 Å². The van der Waals surface area contributed by atoms with Crippen LogP contribution in [0, 0.1) is 5.92 Å². The zero-order valence-electron chi connectivity index (χ0n) is 10.3. The number of aryl methyl sites for hydroxylation is 1. The van der Waals surface area contributed by atoms with E-state index >= 15 is 0 Å². The Morgan fingerprint density at radius 2 is 2.38 bits per heavy atom. The number of nitrogens with one attached hydrogen (secondary N) is 1. The van der Waals surface area contributed by atoms with Crippen molar-refractivity contribution in [1.29, 1.82) is 0 Å². The maximum atomic E-state index is 4.22. The third-order valence-electron chi connectivity index (χ3n) is 3.42. The van der Waals surface area contributed by atoms with Crippen LogP contribution in [-0.2, 0) is 7.05 Å². The van der Waals surface area contributed by atoms with E-state index in [0.29, 0.717) is 6.04 Å². The van der Waals surface area contributed by atoms with Crippen molar-refractivity contribution < 1.29 is 0 Å². The van der Waals surface area contributed by atoms with Gasteiger partial charge in [-0.2, -0.15) is 5.10 Å². The van der Waals surface area contributed by atoms with E-state index in [9.17, 15) is 0 Å². The Labute approximate surface area is 102 Å². The van der Waals surface area contributed by atoms with Crippen LogP contribution in [-0.4, -0.2) is 27.6 Å². The van der Waals surface area contributed by atoms with Crippen molar-refractivity contribution in [2.24, 2.45) is 13.0 Å². The Bertz CT molecular complexity index is 337. The second-order valence-electron chi connectivity index (χ2n) is 4.61. The number of rotatable bonds is 4. The van der Waals surface area contributed by atoms with Gasteiger partial charge in [-0.1, -0.05) is 13.8 Å². The minimum absolute atomic E-state index is 0.708. The lowest BCUT2D eigenvalue weighted by Crippen LogP contribution is -2.32. The van der Waals surface area contributed by atoms with Crippen LogP contribution in [0.4, 0.5) is 0 Å². The molecule has 3 nitrogen and oxygen atoms in total. The number of hydrogen-bond acceptors (Lipinski definition) is 3. The molecule has 3 atom stereocenters. The maximum absolute atomic E-state index is 4.22. The number of aromatic nitrogens is 2. The fourth-order valence-corrected chi connectivity index (χ4v) is 3.81. The number of hydrogen-bond donors (Lipinski definition) is 1. The molecule has 0 radical (unpaired) electrons. The van der Waals surface area contributed by atoms with Crippen molar-refractivity contribution in [3.63, 3.8) is 0 Å². The van der Waals surface area contributed by atoms with Crippen molar-refractivity contribution in [2.75, 3.05) is 6.54 Å². The molecule has 1 aromatic heterocycles. The molecule has 1 saturated carbocycles. The molecule has 1 fully saturated rings. The van der Waals surface area contributed by atoms with Crippen LogP contribution >= 0.6 is 11.8 Å². The molecule has 0 aliphatic heterocycles. The lowest BCUT2D eigenvalue weighted by Gasteiger charge is -2.20. The summed E-state index contributed by atoms with van der Waals surface area (Å²) in [6.07, 6.45) is 6.71. The quantitative estimate of drug-likeness (QED) is 0.874. The summed E-state index contributed by atoms with van der Waals surface area (Å²) in [4.78, 5) is 1.30. The molecule has 0 spiro atoms. The predicted molar refractivity (Wildman–Crippen MR) is 68.7 cm³/mol. The summed E-state index contributed by atoms with van der Waals surface area (Å²) in [5.41, 5.74) is 0. The predicted octanol–water partition coefficient (Wildman–Crippen LogP) is 2.29. The van der Waals surface area contributed by atoms with Crippen LogP contribution < -0.4 is 5.32 Å². The average molecular weight is 239 g/mol. The minimum atomic E-state index is 0.708. The van der Waals surface area contributed by atoms with Gasteiger partial charge in [0, 0.05) is 29.4 Å². The highest BCUT2D eigenvalue weighted by molar-refractivity contribution is 8.00. The first-order valence-corrected chi connectivity index (χ1v) is 6.97. The molecule has 1 heterocycles. The van der Waals surface area contributed by atoms with E-state index in [1.165, 1.54) is 17.7 Å². The van der Waals surface area contributed by atoms with Crippen molar-refractivity contribution in [2.45, 2.75) is 42.9 Å². The van der Waals surface area contributed by atoms with Crippen molar-refractivity contribution in [3.8, 4) is 0 Å². The zero-order valence-corrected chi connectivity index (χ0v) is 11.1. The topological polar surface area (TPSA) is 29.9 Å². The van der Waals surface area contributed by atoms with Crippen molar-refractivity contribution in [1.82, 2.24) is 15.1 Å². The molecule has 0 bridgehead atoms. The van der Waals surface area contributed by atoms with Gasteiger partial charge in [0.05, 0.1) is 6.20 Å². The van der Waals surface area contributed by atoms with Gasteiger partial charge in [0.15, 0.2) is 0 Å². The summed E-state index contributed by atoms with van der Waals surface area (Å²) in [5.74, 6) is 0.755. The van der Waals surface area contributed by atoms with Gasteiger partial charge in [-0.05, 0) is 25.3 Å². The smallest absolute Gasteiger partial charge is 0.0625 e. The highest BCUT2D eigenvalue weighted by Crippen LogP contribution is 2.38. The fourth-order valence-electron chi connectivity index (χ4n) is 2.48. The lowest BCUT2D eigenvalue weighted by atomic mass is 10.1. The number of nitrogens with zero attached hydrogens (tertiary/aromatic N) is 2. The van der Waals surface area contributed by atoms with Crippen LogP contribution in [0.1, 0.15) is 26.7 Å². The average Bonchev–Trinajstić information content (AvgIpc) is 2.80. The molecule has 3 unspecified atom stereocenters. The normalized spacial score (nSPS) is 29.8. The molecule has 1 aliphatic rings. The Balaban J connectivity index is 1.92. The second kappa shape index (κ2) is 5.23. The van der Waals surface area contributed by atoms with Crippen LogP contribution in [0.5, 0.6) is 0 Å². The molecule has 16 heavy (non-hydrogen) atoms. The second-order valence-corrected chi connectivity index (χ2v) is 5.92. The fraction of sp³-hybridized carbons (Fsp3) is 0.750. The van der Waals surface area contributed by atoms with Gasteiger partial charge in [0.1, 0.15) is 0 Å². The summed E-state index contributed by atoms with van der Waals surface area (Å²) in [5, 5.41) is 8.54. The van der Waals surface area contributed by atoms with Crippen LogP contribution in [0.25, 0.3) is 0 Å². The SMILES string of the molecule is CCNC1CCC(Sc2cnn(C)c2)C1C. The Morgan fingerprint density at radius 1 is 1.56 bits per heavy atom. The summed E-state index contributed by atoms with van der Waals surface area (Å²) in [6, 6.07) is 0.708. The highest BCUT2D eigenvalue weighted by Gasteiger charge is 2.32. The van der Waals surface area contributed by atoms with E-state index in [4.69, 9.17) is 0 Å². The molecule has 0 amide bonds. The van der Waals surface area contributed by atoms with Crippen LogP contribution in [0.2, 0.25) is 0 Å². The third kappa shape index (κ3) is 2.61. The first kappa shape index (κ1) is 12.0. The zero-order chi connectivity index (χ0) is 11.5. The van der Waals surface area contributed by atoms with E-state index in [0.717, 1.165) is 17.7 Å². The molecule has 0 saturated heterocycles. The largest absolute Gasteiger partial charge is 0.314 e. The first-order chi connectivity index (χ1) is 7.70. The summed E-state index contributed by atoms with van der Waals surface area (Å²) < 4.78 is 1.88. The molecule has 90 valence electrons. The van der Waals surface area contributed by atoms with E-state index in [1.807, 2.05) is 29.7 Å². The van der Waals surface area contributed by atoms with Gasteiger partial charge < -0.3 is 5.32 Å². The highest BCUT2D eigenvalue weighted by atomic mass is 32.2. The van der Waals surface area contributed by atoms with Gasteiger partial charge in [-0.15, -0.1) is 11.8 Å². The van der Waals surface area contributed by atoms with Gasteiger partial charge in [-0.3, -0.25) is 4.68 Å². The molecule has 1 N–H and O–H groups in total. The Hall–Kier alpha value is -0.480. The number of thioether (sulfide) groups is 1. The summed E-state index contributed by atoms with van der Waals surface area (Å²) >= 11 is 1.99. The lowest BCUT2D eigenvalue weighted by molar-refractivity contribution is 0.441. The first-order valence-electron chi connectivity index (χ1n) is 6.09. The van der Waals surface area contributed by atoms with Gasteiger partial charge in [0.2, 0.25) is 0 Å². The van der Waals surface area contributed by atoms with Crippen LogP contribution in [0.3, 0.4) is 0 Å². The monoisotopic (exact) mass is 239 g/mol. The molecule has 4 heteroatoms. The molecule has 0 aromatic carbocycles. The van der Waals surface area contributed by atoms with Crippen molar-refractivity contribution in [3.05, 3.63) is 12.4 Å². The minimum Gasteiger partial charge on any atom is -0.314 e. The van der Waals surface area contributed by atoms with Gasteiger partial charge in [-0.25, -0.2) is 0 Å². The molecule has 1 aromatic rings. The van der Waals surface area contributed by atoms with Crippen molar-refractivity contribution >= 4 is 11.8 Å².